The van der Waals surface area contributed by atoms with Crippen molar-refractivity contribution < 1.29 is 22.8 Å². The standard InChI is InChI=1S/C10H11NO5S/c1-8(12)11(16-9(2)13)17(14,15)10-6-4-3-5-7-10/h3-7H,1-2H3. The number of hydroxylamine groups is 1. The van der Waals surface area contributed by atoms with Crippen LogP contribution in [0.1, 0.15) is 13.8 Å². The van der Waals surface area contributed by atoms with Crippen molar-refractivity contribution in [2.75, 3.05) is 0 Å². The lowest BCUT2D eigenvalue weighted by Crippen LogP contribution is -2.36. The van der Waals surface area contributed by atoms with E-state index in [1.54, 1.807) is 6.07 Å². The van der Waals surface area contributed by atoms with Crippen molar-refractivity contribution in [2.24, 2.45) is 0 Å². The monoisotopic (exact) mass is 257 g/mol. The van der Waals surface area contributed by atoms with Crippen LogP contribution in [0.4, 0.5) is 0 Å². The van der Waals surface area contributed by atoms with Gasteiger partial charge in [-0.05, 0) is 12.1 Å². The van der Waals surface area contributed by atoms with Gasteiger partial charge in [0.25, 0.3) is 15.9 Å². The Labute approximate surface area is 98.8 Å². The summed E-state index contributed by atoms with van der Waals surface area (Å²) in [6, 6.07) is 7.23. The fourth-order valence-corrected chi connectivity index (χ4v) is 2.32. The van der Waals surface area contributed by atoms with Crippen LogP contribution in [0, 0.1) is 0 Å². The highest BCUT2D eigenvalue weighted by Gasteiger charge is 2.30. The Hall–Kier alpha value is -1.89. The average Bonchev–Trinajstić information content (AvgIpc) is 2.26. The lowest BCUT2D eigenvalue weighted by molar-refractivity contribution is -0.175. The summed E-state index contributed by atoms with van der Waals surface area (Å²) in [7, 11) is -4.15. The van der Waals surface area contributed by atoms with Gasteiger partial charge in [-0.1, -0.05) is 22.7 Å². The van der Waals surface area contributed by atoms with Gasteiger partial charge >= 0.3 is 5.97 Å². The Morgan fingerprint density at radius 3 is 2.06 bits per heavy atom. The van der Waals surface area contributed by atoms with Crippen molar-refractivity contribution in [3.63, 3.8) is 0 Å². The van der Waals surface area contributed by atoms with Gasteiger partial charge in [0.2, 0.25) is 0 Å². The maximum absolute atomic E-state index is 11.9. The Balaban J connectivity index is 3.19. The zero-order valence-corrected chi connectivity index (χ0v) is 10.1. The van der Waals surface area contributed by atoms with Crippen LogP contribution in [-0.2, 0) is 24.4 Å². The minimum Gasteiger partial charge on any atom is -0.323 e. The lowest BCUT2D eigenvalue weighted by Gasteiger charge is -2.18. The Kier molecular flexibility index (Phi) is 3.84. The number of rotatable bonds is 2. The summed E-state index contributed by atoms with van der Waals surface area (Å²) in [4.78, 5) is 26.2. The summed E-state index contributed by atoms with van der Waals surface area (Å²) < 4.78 is 23.9. The van der Waals surface area contributed by atoms with E-state index in [9.17, 15) is 18.0 Å². The Morgan fingerprint density at radius 1 is 1.12 bits per heavy atom. The minimum absolute atomic E-state index is 0.0741. The number of hydrogen-bond donors (Lipinski definition) is 0. The largest absolute Gasteiger partial charge is 0.330 e. The molecule has 0 atom stereocenters. The zero-order chi connectivity index (χ0) is 13.1. The molecule has 0 heterocycles. The normalized spacial score (nSPS) is 10.7. The molecule has 0 aliphatic rings. The summed E-state index contributed by atoms with van der Waals surface area (Å²) in [5.41, 5.74) is 0. The molecule has 7 heteroatoms. The zero-order valence-electron chi connectivity index (χ0n) is 9.28. The molecule has 0 N–H and O–H groups in total. The quantitative estimate of drug-likeness (QED) is 0.728. The number of amides is 1. The summed E-state index contributed by atoms with van der Waals surface area (Å²) in [5, 5.41) is 0. The summed E-state index contributed by atoms with van der Waals surface area (Å²) in [6.07, 6.45) is 0. The summed E-state index contributed by atoms with van der Waals surface area (Å²) >= 11 is 0. The minimum atomic E-state index is -4.15. The fraction of sp³-hybridized carbons (Fsp3) is 0.200. The molecule has 0 spiro atoms. The van der Waals surface area contributed by atoms with Crippen molar-refractivity contribution >= 4 is 21.9 Å². The molecule has 1 amide bonds. The van der Waals surface area contributed by atoms with Gasteiger partial charge in [-0.15, -0.1) is 0 Å². The van der Waals surface area contributed by atoms with Gasteiger partial charge in [0.1, 0.15) is 0 Å². The van der Waals surface area contributed by atoms with Crippen molar-refractivity contribution in [1.82, 2.24) is 4.47 Å². The third-order valence-electron chi connectivity index (χ3n) is 1.73. The summed E-state index contributed by atoms with van der Waals surface area (Å²) in [6.45, 7) is 2.00. The van der Waals surface area contributed by atoms with E-state index in [4.69, 9.17) is 0 Å². The number of carbonyl (C=O) groups excluding carboxylic acids is 2. The van der Waals surface area contributed by atoms with Crippen LogP contribution in [0.5, 0.6) is 0 Å². The van der Waals surface area contributed by atoms with Gasteiger partial charge in [0, 0.05) is 13.8 Å². The molecule has 0 saturated carbocycles. The van der Waals surface area contributed by atoms with E-state index in [0.29, 0.717) is 0 Å². The predicted molar refractivity (Wildman–Crippen MR) is 57.9 cm³/mol. The topological polar surface area (TPSA) is 80.8 Å². The van der Waals surface area contributed by atoms with Crippen LogP contribution < -0.4 is 0 Å². The second-order valence-corrected chi connectivity index (χ2v) is 4.90. The lowest BCUT2D eigenvalue weighted by atomic mass is 10.4. The highest BCUT2D eigenvalue weighted by Crippen LogP contribution is 2.15. The molecule has 0 aliphatic heterocycles. The number of sulfonamides is 1. The highest BCUT2D eigenvalue weighted by atomic mass is 32.2. The fourth-order valence-electron chi connectivity index (χ4n) is 1.09. The van der Waals surface area contributed by atoms with Gasteiger partial charge in [-0.2, -0.15) is 8.42 Å². The SMILES string of the molecule is CC(=O)ON(C(C)=O)S(=O)(=O)c1ccccc1. The smallest absolute Gasteiger partial charge is 0.323 e. The van der Waals surface area contributed by atoms with E-state index in [1.165, 1.54) is 24.3 Å². The third kappa shape index (κ3) is 3.04. The first-order chi connectivity index (χ1) is 7.85. The molecule has 0 unspecified atom stereocenters. The molecule has 1 aromatic carbocycles. The van der Waals surface area contributed by atoms with Crippen molar-refractivity contribution in [3.8, 4) is 0 Å². The van der Waals surface area contributed by atoms with Gasteiger partial charge < -0.3 is 4.84 Å². The molecule has 0 aromatic heterocycles. The molecular weight excluding hydrogens is 246 g/mol. The third-order valence-corrected chi connectivity index (χ3v) is 3.36. The molecular formula is C10H11NO5S. The van der Waals surface area contributed by atoms with Crippen LogP contribution in [0.25, 0.3) is 0 Å². The highest BCUT2D eigenvalue weighted by molar-refractivity contribution is 7.89. The Morgan fingerprint density at radius 2 is 1.65 bits per heavy atom. The summed E-state index contributed by atoms with van der Waals surface area (Å²) in [5.74, 6) is -1.79. The van der Waals surface area contributed by atoms with E-state index in [1.807, 2.05) is 0 Å². The second kappa shape index (κ2) is 4.96. The van der Waals surface area contributed by atoms with Crippen LogP contribution in [0.2, 0.25) is 0 Å². The molecule has 92 valence electrons. The molecule has 0 saturated heterocycles. The first kappa shape index (κ1) is 13.2. The van der Waals surface area contributed by atoms with E-state index < -0.39 is 21.9 Å². The van der Waals surface area contributed by atoms with E-state index in [-0.39, 0.29) is 9.36 Å². The molecule has 17 heavy (non-hydrogen) atoms. The maximum Gasteiger partial charge on any atom is 0.330 e. The number of hydrogen-bond acceptors (Lipinski definition) is 5. The van der Waals surface area contributed by atoms with Gasteiger partial charge in [-0.3, -0.25) is 4.79 Å². The van der Waals surface area contributed by atoms with Gasteiger partial charge in [0.15, 0.2) is 0 Å². The Bertz CT molecular complexity index is 523. The number of benzene rings is 1. The molecule has 0 aliphatic carbocycles. The second-order valence-electron chi connectivity index (χ2n) is 3.15. The van der Waals surface area contributed by atoms with E-state index in [0.717, 1.165) is 13.8 Å². The molecule has 0 fully saturated rings. The van der Waals surface area contributed by atoms with Crippen LogP contribution in [0.3, 0.4) is 0 Å². The van der Waals surface area contributed by atoms with Crippen LogP contribution in [0.15, 0.2) is 35.2 Å². The molecule has 0 radical (unpaired) electrons. The van der Waals surface area contributed by atoms with Gasteiger partial charge in [0.05, 0.1) is 4.90 Å². The molecule has 1 aromatic rings. The first-order valence-electron chi connectivity index (χ1n) is 4.65. The predicted octanol–water partition coefficient (Wildman–Crippen LogP) is 0.702. The van der Waals surface area contributed by atoms with Crippen LogP contribution in [-0.4, -0.2) is 24.8 Å². The van der Waals surface area contributed by atoms with Crippen molar-refractivity contribution in [1.29, 1.82) is 0 Å². The van der Waals surface area contributed by atoms with Crippen LogP contribution >= 0.6 is 0 Å². The van der Waals surface area contributed by atoms with Crippen molar-refractivity contribution in [2.45, 2.75) is 18.7 Å². The van der Waals surface area contributed by atoms with Gasteiger partial charge in [-0.25, -0.2) is 4.79 Å². The molecule has 6 nitrogen and oxygen atoms in total. The maximum atomic E-state index is 11.9. The van der Waals surface area contributed by atoms with Crippen molar-refractivity contribution in [3.05, 3.63) is 30.3 Å². The number of nitrogens with zero attached hydrogens (tertiary/aromatic N) is 1. The molecule has 0 bridgehead atoms. The first-order valence-corrected chi connectivity index (χ1v) is 6.09. The molecule has 1 rings (SSSR count). The van der Waals surface area contributed by atoms with E-state index in [2.05, 4.69) is 4.84 Å². The number of carbonyl (C=O) groups is 2. The van der Waals surface area contributed by atoms with E-state index >= 15 is 0 Å². The average molecular weight is 257 g/mol.